The molecule has 2 rings (SSSR count). The second-order valence-electron chi connectivity index (χ2n) is 6.28. The van der Waals surface area contributed by atoms with E-state index in [4.69, 9.17) is 4.74 Å². The molecule has 0 amide bonds. The fourth-order valence-corrected chi connectivity index (χ4v) is 3.00. The van der Waals surface area contributed by atoms with Gasteiger partial charge in [-0.3, -0.25) is 4.79 Å². The number of carbonyl (C=O) groups excluding carboxylic acids is 1. The first-order valence-electron chi connectivity index (χ1n) is 6.89. The Kier molecular flexibility index (Phi) is 4.95. The Labute approximate surface area is 133 Å². The molecule has 0 aliphatic heterocycles. The zero-order valence-corrected chi connectivity index (χ0v) is 15.4. The summed E-state index contributed by atoms with van der Waals surface area (Å²) in [5.41, 5.74) is 1.11. The van der Waals surface area contributed by atoms with Crippen molar-refractivity contribution < 1.29 is 9.53 Å². The van der Waals surface area contributed by atoms with Crippen LogP contribution in [0.5, 0.6) is 0 Å². The fourth-order valence-electron chi connectivity index (χ4n) is 1.91. The van der Waals surface area contributed by atoms with E-state index in [0.717, 1.165) is 15.9 Å². The normalized spacial score (nSPS) is 12.0. The summed E-state index contributed by atoms with van der Waals surface area (Å²) in [5, 5.41) is 5.09. The summed E-state index contributed by atoms with van der Waals surface area (Å²) in [6.07, 6.45) is 1.70. The number of ketones is 1. The van der Waals surface area contributed by atoms with Crippen molar-refractivity contribution in [1.29, 1.82) is 0 Å². The summed E-state index contributed by atoms with van der Waals surface area (Å²) in [4.78, 5) is 16.0. The molecule has 0 aliphatic rings. The molecular weight excluding hydrogens is 350 g/mol. The molecule has 5 nitrogen and oxygen atoms in total. The van der Waals surface area contributed by atoms with Crippen LogP contribution < -0.4 is 0 Å². The molecule has 2 aromatic heterocycles. The molecule has 0 atom stereocenters. The molecule has 7 heteroatoms. The number of pyridine rings is 1. The van der Waals surface area contributed by atoms with Crippen LogP contribution in [0, 0.1) is 0 Å². The quantitative estimate of drug-likeness (QED) is 0.442. The van der Waals surface area contributed by atoms with Gasteiger partial charge in [0.25, 0.3) is 0 Å². The lowest BCUT2D eigenvalue weighted by atomic mass is 10.2. The smallest absolute Gasteiger partial charge is 0.180 e. The number of Topliss-reactive ketones (excluding diaryl/α,β-unsaturated/α-hetero) is 1. The summed E-state index contributed by atoms with van der Waals surface area (Å²) in [6, 6.07) is 2.97. The van der Waals surface area contributed by atoms with E-state index >= 15 is 0 Å². The number of hydrogen-bond acceptors (Lipinski definition) is 4. The Balaban J connectivity index is 2.18. The fraction of sp³-hybridized carbons (Fsp3) is 0.500. The summed E-state index contributed by atoms with van der Waals surface area (Å²) in [5.74, 6) is -0.0688. The summed E-state index contributed by atoms with van der Waals surface area (Å²) in [6.45, 7) is 9.48. The van der Waals surface area contributed by atoms with Crippen LogP contribution in [0.2, 0.25) is 25.7 Å². The van der Waals surface area contributed by atoms with Gasteiger partial charge in [-0.25, -0.2) is 9.67 Å². The molecule has 0 aromatic carbocycles. The monoisotopic (exact) mass is 369 g/mol. The molecule has 21 heavy (non-hydrogen) atoms. The molecule has 0 N–H and O–H groups in total. The average molecular weight is 370 g/mol. The third-order valence-electron chi connectivity index (χ3n) is 3.10. The molecule has 2 aromatic rings. The standard InChI is InChI=1S/C14H20BrN3O2Si/c1-10(19)13-12-7-11(15)8-16-14(12)18(17-13)9-20-5-6-21(2,3)4/h7-8H,5-6,9H2,1-4H3. The number of nitrogens with zero attached hydrogens (tertiary/aromatic N) is 3. The van der Waals surface area contributed by atoms with Gasteiger partial charge in [0.2, 0.25) is 0 Å². The molecule has 0 bridgehead atoms. The second kappa shape index (κ2) is 6.37. The van der Waals surface area contributed by atoms with Crippen LogP contribution in [0.3, 0.4) is 0 Å². The Bertz CT molecular complexity index is 664. The molecule has 0 spiro atoms. The van der Waals surface area contributed by atoms with Gasteiger partial charge in [0.1, 0.15) is 12.4 Å². The Morgan fingerprint density at radius 2 is 2.14 bits per heavy atom. The molecule has 0 radical (unpaired) electrons. The van der Waals surface area contributed by atoms with Crippen LogP contribution in [0.15, 0.2) is 16.7 Å². The highest BCUT2D eigenvalue weighted by atomic mass is 79.9. The molecule has 0 fully saturated rings. The minimum absolute atomic E-state index is 0.0688. The van der Waals surface area contributed by atoms with Gasteiger partial charge in [-0.2, -0.15) is 5.10 Å². The maximum absolute atomic E-state index is 11.7. The van der Waals surface area contributed by atoms with Crippen molar-refractivity contribution in [3.05, 3.63) is 22.4 Å². The third-order valence-corrected chi connectivity index (χ3v) is 5.23. The Hall–Kier alpha value is -1.05. The number of halogens is 1. The lowest BCUT2D eigenvalue weighted by molar-refractivity contribution is 0.0805. The minimum atomic E-state index is -1.10. The number of aromatic nitrogens is 3. The van der Waals surface area contributed by atoms with Gasteiger partial charge in [0, 0.05) is 32.3 Å². The van der Waals surface area contributed by atoms with Gasteiger partial charge in [-0.15, -0.1) is 0 Å². The number of rotatable bonds is 6. The van der Waals surface area contributed by atoms with Crippen LogP contribution in [-0.2, 0) is 11.5 Å². The van der Waals surface area contributed by atoms with Gasteiger partial charge >= 0.3 is 0 Å². The number of hydrogen-bond donors (Lipinski definition) is 0. The molecule has 0 saturated heterocycles. The van der Waals surface area contributed by atoms with Gasteiger partial charge < -0.3 is 4.74 Å². The molecule has 0 saturated carbocycles. The van der Waals surface area contributed by atoms with Crippen LogP contribution >= 0.6 is 15.9 Å². The van der Waals surface area contributed by atoms with Crippen LogP contribution in [0.4, 0.5) is 0 Å². The van der Waals surface area contributed by atoms with E-state index in [0.29, 0.717) is 24.7 Å². The van der Waals surface area contributed by atoms with Crippen molar-refractivity contribution in [3.63, 3.8) is 0 Å². The maximum atomic E-state index is 11.7. The summed E-state index contributed by atoms with van der Waals surface area (Å²) < 4.78 is 8.19. The predicted molar refractivity (Wildman–Crippen MR) is 89.3 cm³/mol. The van der Waals surface area contributed by atoms with Gasteiger partial charge in [-0.05, 0) is 28.0 Å². The van der Waals surface area contributed by atoms with Crippen molar-refractivity contribution in [1.82, 2.24) is 14.8 Å². The highest BCUT2D eigenvalue weighted by Crippen LogP contribution is 2.21. The van der Waals surface area contributed by atoms with Crippen LogP contribution in [-0.4, -0.2) is 35.2 Å². The Morgan fingerprint density at radius 1 is 1.43 bits per heavy atom. The minimum Gasteiger partial charge on any atom is -0.359 e. The maximum Gasteiger partial charge on any atom is 0.180 e. The first-order chi connectivity index (χ1) is 9.78. The van der Waals surface area contributed by atoms with Crippen molar-refractivity contribution in [2.45, 2.75) is 39.3 Å². The first-order valence-corrected chi connectivity index (χ1v) is 11.4. The molecular formula is C14H20BrN3O2Si. The van der Waals surface area contributed by atoms with Gasteiger partial charge in [0.05, 0.1) is 5.39 Å². The Morgan fingerprint density at radius 3 is 2.76 bits per heavy atom. The van der Waals surface area contributed by atoms with E-state index < -0.39 is 8.07 Å². The van der Waals surface area contributed by atoms with E-state index in [-0.39, 0.29) is 5.78 Å². The summed E-state index contributed by atoms with van der Waals surface area (Å²) >= 11 is 3.37. The number of fused-ring (bicyclic) bond motifs is 1. The van der Waals surface area contributed by atoms with Crippen molar-refractivity contribution in [2.75, 3.05) is 6.61 Å². The third kappa shape index (κ3) is 4.21. The molecule has 0 aliphatic carbocycles. The lowest BCUT2D eigenvalue weighted by Crippen LogP contribution is -2.22. The van der Waals surface area contributed by atoms with Crippen molar-refractivity contribution in [2.24, 2.45) is 0 Å². The lowest BCUT2D eigenvalue weighted by Gasteiger charge is -2.15. The average Bonchev–Trinajstić information content (AvgIpc) is 2.71. The van der Waals surface area contributed by atoms with Crippen molar-refractivity contribution in [3.8, 4) is 0 Å². The molecule has 0 unspecified atom stereocenters. The zero-order valence-electron chi connectivity index (χ0n) is 12.8. The van der Waals surface area contributed by atoms with E-state index in [1.807, 2.05) is 6.07 Å². The van der Waals surface area contributed by atoms with Crippen LogP contribution in [0.1, 0.15) is 17.4 Å². The summed E-state index contributed by atoms with van der Waals surface area (Å²) in [7, 11) is -1.10. The number of ether oxygens (including phenoxy) is 1. The topological polar surface area (TPSA) is 57.0 Å². The van der Waals surface area contributed by atoms with Crippen LogP contribution in [0.25, 0.3) is 11.0 Å². The van der Waals surface area contributed by atoms with Gasteiger partial charge in [-0.1, -0.05) is 19.6 Å². The van der Waals surface area contributed by atoms with E-state index in [9.17, 15) is 4.79 Å². The molecule has 2 heterocycles. The SMILES string of the molecule is CC(=O)c1nn(COCC[Si](C)(C)C)c2ncc(Br)cc12. The highest BCUT2D eigenvalue weighted by Gasteiger charge is 2.16. The highest BCUT2D eigenvalue weighted by molar-refractivity contribution is 9.10. The zero-order chi connectivity index (χ0) is 15.6. The van der Waals surface area contributed by atoms with E-state index in [2.05, 4.69) is 45.7 Å². The number of carbonyl (C=O) groups is 1. The molecule has 114 valence electrons. The van der Waals surface area contributed by atoms with Gasteiger partial charge in [0.15, 0.2) is 11.4 Å². The first kappa shape index (κ1) is 16.3. The second-order valence-corrected chi connectivity index (χ2v) is 12.8. The largest absolute Gasteiger partial charge is 0.359 e. The van der Waals surface area contributed by atoms with E-state index in [1.165, 1.54) is 6.92 Å². The van der Waals surface area contributed by atoms with E-state index in [1.54, 1.807) is 10.9 Å². The predicted octanol–water partition coefficient (Wildman–Crippen LogP) is 3.71. The van der Waals surface area contributed by atoms with Crippen molar-refractivity contribution >= 4 is 40.8 Å².